The van der Waals surface area contributed by atoms with Crippen LogP contribution in [0.3, 0.4) is 0 Å². The molecule has 1 unspecified atom stereocenters. The molecule has 126 valence electrons. The van der Waals surface area contributed by atoms with Gasteiger partial charge in [-0.1, -0.05) is 31.4 Å². The SMILES string of the molecule is C#C[C@@]1(O)CC[C@H]2[C@@H]3CC=C4CC(O)CC[C@]4(C)[C@H]3CC[C@@]21C. The van der Waals surface area contributed by atoms with Gasteiger partial charge in [-0.25, -0.2) is 0 Å². The van der Waals surface area contributed by atoms with Gasteiger partial charge in [-0.05, 0) is 74.5 Å². The topological polar surface area (TPSA) is 40.5 Å². The molecular formula is C21H30O2. The normalized spacial score (nSPS) is 55.2. The number of rotatable bonds is 0. The van der Waals surface area contributed by atoms with Crippen LogP contribution >= 0.6 is 0 Å². The van der Waals surface area contributed by atoms with Crippen molar-refractivity contribution in [2.24, 2.45) is 28.6 Å². The molecule has 4 rings (SSSR count). The van der Waals surface area contributed by atoms with Crippen LogP contribution in [0.5, 0.6) is 0 Å². The first-order valence-electron chi connectivity index (χ1n) is 9.42. The lowest BCUT2D eigenvalue weighted by molar-refractivity contribution is -0.0969. The second-order valence-corrected chi connectivity index (χ2v) is 9.16. The zero-order chi connectivity index (χ0) is 16.5. The van der Waals surface area contributed by atoms with E-state index >= 15 is 0 Å². The molecule has 2 nitrogen and oxygen atoms in total. The quantitative estimate of drug-likeness (QED) is 0.529. The molecule has 7 atom stereocenters. The standard InChI is InChI=1S/C21H30O2/c1-4-21(23)12-9-18-16-6-5-14-13-15(22)7-10-19(14,2)17(16)8-11-20(18,21)3/h1,5,15-18,22-23H,6-13H2,2-3H3/t15?,16-,17+,18+,19+,20+,21-/m1/s1. The summed E-state index contributed by atoms with van der Waals surface area (Å²) in [5.74, 6) is 4.65. The first-order valence-corrected chi connectivity index (χ1v) is 9.42. The van der Waals surface area contributed by atoms with Crippen LogP contribution in [-0.4, -0.2) is 21.9 Å². The number of allylic oxidation sites excluding steroid dienone is 1. The van der Waals surface area contributed by atoms with Crippen molar-refractivity contribution in [3.05, 3.63) is 11.6 Å². The van der Waals surface area contributed by atoms with Crippen molar-refractivity contribution >= 4 is 0 Å². The average molecular weight is 314 g/mol. The Morgan fingerprint density at radius 1 is 1.13 bits per heavy atom. The van der Waals surface area contributed by atoms with E-state index in [0.29, 0.717) is 17.8 Å². The predicted molar refractivity (Wildman–Crippen MR) is 91.5 cm³/mol. The summed E-state index contributed by atoms with van der Waals surface area (Å²) in [4.78, 5) is 0. The van der Waals surface area contributed by atoms with E-state index in [2.05, 4.69) is 25.8 Å². The number of terminal acetylenes is 1. The largest absolute Gasteiger partial charge is 0.393 e. The van der Waals surface area contributed by atoms with Crippen LogP contribution in [0.1, 0.15) is 65.2 Å². The van der Waals surface area contributed by atoms with E-state index in [4.69, 9.17) is 6.42 Å². The summed E-state index contributed by atoms with van der Waals surface area (Å²) in [6.07, 6.45) is 16.1. The molecule has 23 heavy (non-hydrogen) atoms. The van der Waals surface area contributed by atoms with Crippen LogP contribution < -0.4 is 0 Å². The van der Waals surface area contributed by atoms with Crippen LogP contribution in [-0.2, 0) is 0 Å². The van der Waals surface area contributed by atoms with Gasteiger partial charge in [0.2, 0.25) is 0 Å². The Morgan fingerprint density at radius 2 is 1.87 bits per heavy atom. The number of aliphatic hydroxyl groups excluding tert-OH is 1. The lowest BCUT2D eigenvalue weighted by Gasteiger charge is -2.58. The molecule has 2 N–H and O–H groups in total. The van der Waals surface area contributed by atoms with E-state index in [1.807, 2.05) is 0 Å². The van der Waals surface area contributed by atoms with E-state index in [0.717, 1.165) is 44.9 Å². The molecular weight excluding hydrogens is 284 g/mol. The predicted octanol–water partition coefficient (Wildman–Crippen LogP) is 3.67. The first kappa shape index (κ1) is 15.7. The molecule has 0 spiro atoms. The Labute approximate surface area is 140 Å². The fourth-order valence-electron chi connectivity index (χ4n) is 6.89. The van der Waals surface area contributed by atoms with E-state index in [1.54, 1.807) is 0 Å². The zero-order valence-corrected chi connectivity index (χ0v) is 14.5. The molecule has 0 aliphatic heterocycles. The third-order valence-corrected chi connectivity index (χ3v) is 8.47. The Morgan fingerprint density at radius 3 is 2.61 bits per heavy atom. The monoisotopic (exact) mass is 314 g/mol. The second kappa shape index (κ2) is 4.87. The van der Waals surface area contributed by atoms with Crippen LogP contribution in [0.4, 0.5) is 0 Å². The molecule has 4 aliphatic rings. The zero-order valence-electron chi connectivity index (χ0n) is 14.5. The van der Waals surface area contributed by atoms with Gasteiger partial charge in [-0.2, -0.15) is 0 Å². The molecule has 0 saturated heterocycles. The number of hydrogen-bond donors (Lipinski definition) is 2. The highest BCUT2D eigenvalue weighted by molar-refractivity contribution is 5.28. The van der Waals surface area contributed by atoms with Crippen LogP contribution in [0.15, 0.2) is 11.6 Å². The molecule has 0 aromatic rings. The smallest absolute Gasteiger partial charge is 0.130 e. The molecule has 2 heteroatoms. The van der Waals surface area contributed by atoms with Crippen molar-refractivity contribution in [2.45, 2.75) is 76.9 Å². The number of fused-ring (bicyclic) bond motifs is 5. The molecule has 3 saturated carbocycles. The molecule has 0 aromatic carbocycles. The summed E-state index contributed by atoms with van der Waals surface area (Å²) >= 11 is 0. The highest BCUT2D eigenvalue weighted by Gasteiger charge is 2.63. The minimum atomic E-state index is -0.906. The first-order chi connectivity index (χ1) is 10.8. The summed E-state index contributed by atoms with van der Waals surface area (Å²) in [6.45, 7) is 4.68. The lowest BCUT2D eigenvalue weighted by Crippen LogP contribution is -2.54. The molecule has 0 bridgehead atoms. The Hall–Kier alpha value is -0.780. The summed E-state index contributed by atoms with van der Waals surface area (Å²) in [7, 11) is 0. The molecule has 0 amide bonds. The second-order valence-electron chi connectivity index (χ2n) is 9.16. The van der Waals surface area contributed by atoms with E-state index in [-0.39, 0.29) is 16.9 Å². The molecule has 0 heterocycles. The maximum absolute atomic E-state index is 11.0. The average Bonchev–Trinajstić information content (AvgIpc) is 2.80. The maximum atomic E-state index is 11.0. The van der Waals surface area contributed by atoms with Crippen LogP contribution in [0, 0.1) is 40.9 Å². The Kier molecular flexibility index (Phi) is 3.33. The van der Waals surface area contributed by atoms with E-state index < -0.39 is 5.60 Å². The van der Waals surface area contributed by atoms with Gasteiger partial charge >= 0.3 is 0 Å². The van der Waals surface area contributed by atoms with Gasteiger partial charge in [0.25, 0.3) is 0 Å². The minimum Gasteiger partial charge on any atom is -0.393 e. The van der Waals surface area contributed by atoms with Crippen molar-refractivity contribution < 1.29 is 10.2 Å². The lowest BCUT2D eigenvalue weighted by atomic mass is 9.47. The highest BCUT2D eigenvalue weighted by Crippen LogP contribution is 2.66. The van der Waals surface area contributed by atoms with Gasteiger partial charge in [-0.3, -0.25) is 0 Å². The fraction of sp³-hybridized carbons (Fsp3) is 0.810. The highest BCUT2D eigenvalue weighted by atomic mass is 16.3. The molecule has 0 radical (unpaired) electrons. The van der Waals surface area contributed by atoms with Crippen LogP contribution in [0.25, 0.3) is 0 Å². The maximum Gasteiger partial charge on any atom is 0.130 e. The minimum absolute atomic E-state index is 0.112. The van der Waals surface area contributed by atoms with Crippen molar-refractivity contribution in [1.82, 2.24) is 0 Å². The van der Waals surface area contributed by atoms with E-state index in [1.165, 1.54) is 12.0 Å². The van der Waals surface area contributed by atoms with Gasteiger partial charge in [0, 0.05) is 5.41 Å². The molecule has 3 fully saturated rings. The molecule has 4 aliphatic carbocycles. The van der Waals surface area contributed by atoms with Crippen LogP contribution in [0.2, 0.25) is 0 Å². The summed E-state index contributed by atoms with van der Waals surface area (Å²) < 4.78 is 0. The third-order valence-electron chi connectivity index (χ3n) is 8.47. The van der Waals surface area contributed by atoms with Gasteiger partial charge in [-0.15, -0.1) is 6.42 Å². The van der Waals surface area contributed by atoms with E-state index in [9.17, 15) is 10.2 Å². The summed E-state index contributed by atoms with van der Waals surface area (Å²) in [5, 5.41) is 21.0. The van der Waals surface area contributed by atoms with Gasteiger partial charge < -0.3 is 10.2 Å². The number of hydrogen-bond acceptors (Lipinski definition) is 2. The Balaban J connectivity index is 1.69. The number of aliphatic hydroxyl groups is 2. The van der Waals surface area contributed by atoms with Crippen molar-refractivity contribution in [3.63, 3.8) is 0 Å². The third kappa shape index (κ3) is 1.90. The van der Waals surface area contributed by atoms with Gasteiger partial charge in [0.05, 0.1) is 6.10 Å². The van der Waals surface area contributed by atoms with Crippen molar-refractivity contribution in [3.8, 4) is 12.3 Å². The summed E-state index contributed by atoms with van der Waals surface area (Å²) in [5.41, 5.74) is 0.751. The van der Waals surface area contributed by atoms with Gasteiger partial charge in [0.15, 0.2) is 0 Å². The van der Waals surface area contributed by atoms with Gasteiger partial charge in [0.1, 0.15) is 5.60 Å². The Bertz CT molecular complexity index is 587. The fourth-order valence-corrected chi connectivity index (χ4v) is 6.89. The summed E-state index contributed by atoms with van der Waals surface area (Å²) in [6, 6.07) is 0. The van der Waals surface area contributed by atoms with Crippen molar-refractivity contribution in [2.75, 3.05) is 0 Å². The molecule has 0 aromatic heterocycles. The van der Waals surface area contributed by atoms with Crippen molar-refractivity contribution in [1.29, 1.82) is 0 Å².